The Hall–Kier alpha value is -3.42. The fraction of sp³-hybridized carbons (Fsp3) is 0.548. The maximum atomic E-state index is 12.9. The standard InChI is InChI=1S/C31H40O8/c1-30(2,28(36)37)14-7-5-10-20-16-24(32)18-22(26(20)34)12-9-13-23-19-25(33)17-21(27(23)35)11-6-8-15-31(3,4)29(38)39/h16-19H,5-15H2,1-4H3,(H,36,37)(H,38,39). The lowest BCUT2D eigenvalue weighted by Gasteiger charge is -2.19. The maximum Gasteiger partial charge on any atom is 0.309 e. The Morgan fingerprint density at radius 1 is 0.538 bits per heavy atom. The van der Waals surface area contributed by atoms with Crippen LogP contribution in [0.5, 0.6) is 0 Å². The zero-order valence-corrected chi connectivity index (χ0v) is 23.4. The van der Waals surface area contributed by atoms with Gasteiger partial charge in [-0.2, -0.15) is 0 Å². The van der Waals surface area contributed by atoms with E-state index in [0.29, 0.717) is 92.9 Å². The molecule has 0 fully saturated rings. The summed E-state index contributed by atoms with van der Waals surface area (Å²) in [5.74, 6) is -2.65. The summed E-state index contributed by atoms with van der Waals surface area (Å²) in [4.78, 5) is 72.8. The quantitative estimate of drug-likeness (QED) is 0.193. The summed E-state index contributed by atoms with van der Waals surface area (Å²) in [6.45, 7) is 6.64. The van der Waals surface area contributed by atoms with Gasteiger partial charge >= 0.3 is 11.9 Å². The molecule has 0 aromatic carbocycles. The van der Waals surface area contributed by atoms with Gasteiger partial charge in [0, 0.05) is 22.3 Å². The van der Waals surface area contributed by atoms with Gasteiger partial charge in [0.1, 0.15) is 0 Å². The van der Waals surface area contributed by atoms with Crippen molar-refractivity contribution in [2.24, 2.45) is 10.8 Å². The Morgan fingerprint density at radius 2 is 0.821 bits per heavy atom. The molecule has 2 rings (SSSR count). The van der Waals surface area contributed by atoms with Crippen molar-refractivity contribution < 1.29 is 39.0 Å². The van der Waals surface area contributed by atoms with Gasteiger partial charge in [-0.25, -0.2) is 0 Å². The first-order valence-corrected chi connectivity index (χ1v) is 13.6. The van der Waals surface area contributed by atoms with E-state index in [1.807, 2.05) is 0 Å². The van der Waals surface area contributed by atoms with Crippen molar-refractivity contribution in [3.05, 3.63) is 46.6 Å². The molecule has 0 saturated carbocycles. The average Bonchev–Trinajstić information content (AvgIpc) is 2.84. The van der Waals surface area contributed by atoms with Crippen LogP contribution in [0.4, 0.5) is 0 Å². The van der Waals surface area contributed by atoms with Gasteiger partial charge in [0.2, 0.25) is 0 Å². The highest BCUT2D eigenvalue weighted by molar-refractivity contribution is 6.21. The van der Waals surface area contributed by atoms with Crippen molar-refractivity contribution in [3.8, 4) is 0 Å². The van der Waals surface area contributed by atoms with Gasteiger partial charge in [-0.1, -0.05) is 12.8 Å². The van der Waals surface area contributed by atoms with E-state index in [1.54, 1.807) is 27.7 Å². The molecule has 0 bridgehead atoms. The first kappa shape index (κ1) is 31.8. The topological polar surface area (TPSA) is 143 Å². The summed E-state index contributed by atoms with van der Waals surface area (Å²) in [5.41, 5.74) is -0.0731. The van der Waals surface area contributed by atoms with Crippen LogP contribution in [0.1, 0.15) is 98.3 Å². The Labute approximate surface area is 229 Å². The first-order chi connectivity index (χ1) is 18.1. The first-order valence-electron chi connectivity index (χ1n) is 13.6. The monoisotopic (exact) mass is 540 g/mol. The second-order valence-electron chi connectivity index (χ2n) is 11.8. The van der Waals surface area contributed by atoms with Crippen molar-refractivity contribution in [2.45, 2.75) is 98.3 Å². The van der Waals surface area contributed by atoms with Crippen LogP contribution in [0.2, 0.25) is 0 Å². The number of carbonyl (C=O) groups excluding carboxylic acids is 4. The highest BCUT2D eigenvalue weighted by Gasteiger charge is 2.28. The molecule has 0 aromatic rings. The number of hydrogen-bond acceptors (Lipinski definition) is 6. The largest absolute Gasteiger partial charge is 0.481 e. The third-order valence-corrected chi connectivity index (χ3v) is 7.48. The molecular formula is C31H40O8. The van der Waals surface area contributed by atoms with E-state index in [4.69, 9.17) is 0 Å². The van der Waals surface area contributed by atoms with Crippen LogP contribution < -0.4 is 0 Å². The molecule has 2 aliphatic rings. The molecule has 0 spiro atoms. The van der Waals surface area contributed by atoms with Gasteiger partial charge in [0.25, 0.3) is 0 Å². The Bertz CT molecular complexity index is 1070. The zero-order valence-electron chi connectivity index (χ0n) is 23.4. The molecule has 0 amide bonds. The molecular weight excluding hydrogens is 500 g/mol. The Kier molecular flexibility index (Phi) is 11.1. The number of ketones is 4. The van der Waals surface area contributed by atoms with Gasteiger partial charge in [-0.15, -0.1) is 0 Å². The number of rotatable bonds is 16. The minimum absolute atomic E-state index is 0.197. The number of unbranched alkanes of at least 4 members (excludes halogenated alkanes) is 2. The molecule has 8 nitrogen and oxygen atoms in total. The lowest BCUT2D eigenvalue weighted by Crippen LogP contribution is -2.23. The lowest BCUT2D eigenvalue weighted by molar-refractivity contribution is -0.148. The van der Waals surface area contributed by atoms with E-state index in [1.165, 1.54) is 24.3 Å². The molecule has 2 N–H and O–H groups in total. The van der Waals surface area contributed by atoms with Crippen LogP contribution in [0.25, 0.3) is 0 Å². The second-order valence-corrected chi connectivity index (χ2v) is 11.8. The van der Waals surface area contributed by atoms with E-state index < -0.39 is 22.8 Å². The molecule has 39 heavy (non-hydrogen) atoms. The molecule has 212 valence electrons. The van der Waals surface area contributed by atoms with E-state index in [9.17, 15) is 39.0 Å². The van der Waals surface area contributed by atoms with Crippen molar-refractivity contribution in [3.63, 3.8) is 0 Å². The number of Topliss-reactive ketones (excluding diaryl/α,β-unsaturated/α-hetero) is 2. The molecule has 0 radical (unpaired) electrons. The molecule has 0 aromatic heterocycles. The van der Waals surface area contributed by atoms with Crippen molar-refractivity contribution >= 4 is 35.1 Å². The zero-order chi connectivity index (χ0) is 29.4. The molecule has 0 heterocycles. The summed E-state index contributed by atoms with van der Waals surface area (Å²) in [5, 5.41) is 18.5. The van der Waals surface area contributed by atoms with Crippen molar-refractivity contribution in [1.29, 1.82) is 0 Å². The Morgan fingerprint density at radius 3 is 1.10 bits per heavy atom. The minimum atomic E-state index is -0.869. The third-order valence-electron chi connectivity index (χ3n) is 7.48. The van der Waals surface area contributed by atoms with Crippen LogP contribution >= 0.6 is 0 Å². The molecule has 0 atom stereocenters. The molecule has 8 heteroatoms. The minimum Gasteiger partial charge on any atom is -0.481 e. The summed E-state index contributed by atoms with van der Waals surface area (Å²) < 4.78 is 0. The third kappa shape index (κ3) is 9.37. The second kappa shape index (κ2) is 13.6. The smallest absolute Gasteiger partial charge is 0.309 e. The van der Waals surface area contributed by atoms with E-state index in [0.717, 1.165) is 0 Å². The highest BCUT2D eigenvalue weighted by atomic mass is 16.4. The number of hydrogen-bond donors (Lipinski definition) is 2. The van der Waals surface area contributed by atoms with Crippen molar-refractivity contribution in [2.75, 3.05) is 0 Å². The van der Waals surface area contributed by atoms with Gasteiger partial charge in [0.15, 0.2) is 23.1 Å². The van der Waals surface area contributed by atoms with Crippen LogP contribution in [0.3, 0.4) is 0 Å². The molecule has 2 aliphatic carbocycles. The van der Waals surface area contributed by atoms with Gasteiger partial charge < -0.3 is 10.2 Å². The molecule has 0 aliphatic heterocycles. The molecule has 0 unspecified atom stereocenters. The fourth-order valence-corrected chi connectivity index (χ4v) is 4.64. The highest BCUT2D eigenvalue weighted by Crippen LogP contribution is 2.29. The van der Waals surface area contributed by atoms with E-state index >= 15 is 0 Å². The predicted octanol–water partition coefficient (Wildman–Crippen LogP) is 5.51. The lowest BCUT2D eigenvalue weighted by atomic mass is 9.84. The fourth-order valence-electron chi connectivity index (χ4n) is 4.64. The maximum absolute atomic E-state index is 12.9. The number of carbonyl (C=O) groups is 6. The summed E-state index contributed by atoms with van der Waals surface area (Å²) in [7, 11) is 0. The Balaban J connectivity index is 1.84. The van der Waals surface area contributed by atoms with Gasteiger partial charge in [0.05, 0.1) is 10.8 Å². The SMILES string of the molecule is CC(C)(CCCCC1=CC(=O)C=C(CCCC2=CC(=O)C=C(CCCCC(C)(C)C(=O)O)C2=O)C1=O)C(=O)O. The average molecular weight is 541 g/mol. The number of carboxylic acids is 2. The normalized spacial score (nSPS) is 16.5. The summed E-state index contributed by atoms with van der Waals surface area (Å²) >= 11 is 0. The molecule has 0 saturated heterocycles. The number of aliphatic carboxylic acids is 2. The van der Waals surface area contributed by atoms with Crippen LogP contribution in [0.15, 0.2) is 46.6 Å². The number of allylic oxidation sites excluding steroid dienone is 8. The number of carboxylic acid groups (broad SMARTS) is 2. The van der Waals surface area contributed by atoms with Crippen LogP contribution in [0, 0.1) is 10.8 Å². The predicted molar refractivity (Wildman–Crippen MR) is 146 cm³/mol. The van der Waals surface area contributed by atoms with Crippen LogP contribution in [-0.2, 0) is 28.8 Å². The summed E-state index contributed by atoms with van der Waals surface area (Å²) in [6, 6.07) is 0. The van der Waals surface area contributed by atoms with E-state index in [2.05, 4.69) is 0 Å². The van der Waals surface area contributed by atoms with E-state index in [-0.39, 0.29) is 23.1 Å². The van der Waals surface area contributed by atoms with Gasteiger partial charge in [-0.05, 0) is 110 Å². The van der Waals surface area contributed by atoms with Crippen molar-refractivity contribution in [1.82, 2.24) is 0 Å². The van der Waals surface area contributed by atoms with Gasteiger partial charge in [-0.3, -0.25) is 28.8 Å². The van der Waals surface area contributed by atoms with Crippen LogP contribution in [-0.4, -0.2) is 45.3 Å². The summed E-state index contributed by atoms with van der Waals surface area (Å²) in [6.07, 6.45) is 10.5.